The summed E-state index contributed by atoms with van der Waals surface area (Å²) in [5.41, 5.74) is 5.70. The van der Waals surface area contributed by atoms with Gasteiger partial charge in [0.1, 0.15) is 5.00 Å². The van der Waals surface area contributed by atoms with Crippen molar-refractivity contribution in [3.63, 3.8) is 0 Å². The van der Waals surface area contributed by atoms with Crippen LogP contribution in [0.1, 0.15) is 26.7 Å². The fraction of sp³-hybridized carbons (Fsp3) is 0.700. The molecule has 1 saturated heterocycles. The highest BCUT2D eigenvalue weighted by atomic mass is 32.1. The Balaban J connectivity index is 2.18. The Morgan fingerprint density at radius 3 is 3.07 bits per heavy atom. The molecule has 4 heteroatoms. The molecular weight excluding hydrogens is 194 g/mol. The second-order valence-electron chi connectivity index (χ2n) is 3.98. The van der Waals surface area contributed by atoms with Crippen LogP contribution in [0.15, 0.2) is 6.20 Å². The molecule has 2 unspecified atom stereocenters. The monoisotopic (exact) mass is 211 g/mol. The molecule has 1 aromatic rings. The average molecular weight is 211 g/mol. The quantitative estimate of drug-likeness (QED) is 0.816. The van der Waals surface area contributed by atoms with Crippen molar-refractivity contribution in [3.05, 3.63) is 6.20 Å². The number of nitrogen functional groups attached to an aromatic ring is 1. The van der Waals surface area contributed by atoms with Crippen LogP contribution >= 0.6 is 11.3 Å². The molecule has 1 aromatic heterocycles. The molecule has 2 N–H and O–H groups in total. The first-order valence-electron chi connectivity index (χ1n) is 5.20. The normalized spacial score (nSPS) is 27.1. The van der Waals surface area contributed by atoms with Gasteiger partial charge < -0.3 is 10.6 Å². The number of thiazole rings is 1. The van der Waals surface area contributed by atoms with Crippen molar-refractivity contribution in [2.45, 2.75) is 32.7 Å². The van der Waals surface area contributed by atoms with Gasteiger partial charge in [-0.2, -0.15) is 0 Å². The molecule has 2 heterocycles. The van der Waals surface area contributed by atoms with E-state index in [1.807, 2.05) is 0 Å². The van der Waals surface area contributed by atoms with E-state index in [1.165, 1.54) is 12.8 Å². The van der Waals surface area contributed by atoms with Crippen molar-refractivity contribution < 1.29 is 0 Å². The molecule has 1 fully saturated rings. The molecule has 78 valence electrons. The van der Waals surface area contributed by atoms with Gasteiger partial charge in [-0.25, -0.2) is 4.98 Å². The fourth-order valence-corrected chi connectivity index (χ4v) is 3.04. The smallest absolute Gasteiger partial charge is 0.187 e. The van der Waals surface area contributed by atoms with E-state index < -0.39 is 0 Å². The molecule has 0 aromatic carbocycles. The minimum Gasteiger partial charge on any atom is -0.389 e. The van der Waals surface area contributed by atoms with E-state index in [2.05, 4.69) is 23.7 Å². The van der Waals surface area contributed by atoms with Gasteiger partial charge >= 0.3 is 0 Å². The SMILES string of the molecule is CCC1C(C)CCN1c1ncc(N)s1. The fourth-order valence-electron chi connectivity index (χ4n) is 2.28. The van der Waals surface area contributed by atoms with Crippen molar-refractivity contribution in [2.24, 2.45) is 5.92 Å². The summed E-state index contributed by atoms with van der Waals surface area (Å²) in [7, 11) is 0. The maximum Gasteiger partial charge on any atom is 0.187 e. The molecule has 2 atom stereocenters. The molecule has 0 bridgehead atoms. The van der Waals surface area contributed by atoms with Gasteiger partial charge in [0.2, 0.25) is 0 Å². The summed E-state index contributed by atoms with van der Waals surface area (Å²) in [4.78, 5) is 6.76. The number of anilines is 2. The third-order valence-corrected chi connectivity index (χ3v) is 3.92. The lowest BCUT2D eigenvalue weighted by Gasteiger charge is -2.25. The zero-order chi connectivity index (χ0) is 10.1. The third-order valence-electron chi connectivity index (χ3n) is 3.06. The first-order chi connectivity index (χ1) is 6.72. The molecule has 0 saturated carbocycles. The summed E-state index contributed by atoms with van der Waals surface area (Å²) >= 11 is 1.60. The van der Waals surface area contributed by atoms with E-state index in [4.69, 9.17) is 5.73 Å². The average Bonchev–Trinajstić information content (AvgIpc) is 2.71. The van der Waals surface area contributed by atoms with Crippen LogP contribution < -0.4 is 10.6 Å². The van der Waals surface area contributed by atoms with Crippen molar-refractivity contribution in [1.82, 2.24) is 4.98 Å². The highest BCUT2D eigenvalue weighted by molar-refractivity contribution is 7.19. The number of hydrogen-bond acceptors (Lipinski definition) is 4. The lowest BCUT2D eigenvalue weighted by Crippen LogP contribution is -2.31. The highest BCUT2D eigenvalue weighted by Gasteiger charge is 2.31. The van der Waals surface area contributed by atoms with Gasteiger partial charge in [-0.05, 0) is 18.8 Å². The molecule has 3 nitrogen and oxygen atoms in total. The number of aromatic nitrogens is 1. The Kier molecular flexibility index (Phi) is 2.63. The van der Waals surface area contributed by atoms with Crippen LogP contribution in [-0.2, 0) is 0 Å². The minimum atomic E-state index is 0.653. The molecule has 0 aliphatic carbocycles. The first kappa shape index (κ1) is 9.77. The largest absolute Gasteiger partial charge is 0.389 e. The number of nitrogens with zero attached hydrogens (tertiary/aromatic N) is 2. The van der Waals surface area contributed by atoms with Gasteiger partial charge in [-0.3, -0.25) is 0 Å². The van der Waals surface area contributed by atoms with Gasteiger partial charge in [-0.15, -0.1) is 0 Å². The zero-order valence-electron chi connectivity index (χ0n) is 8.73. The molecular formula is C10H17N3S. The van der Waals surface area contributed by atoms with E-state index in [0.29, 0.717) is 6.04 Å². The molecule has 1 aliphatic rings. The van der Waals surface area contributed by atoms with Crippen LogP contribution in [0.2, 0.25) is 0 Å². The van der Waals surface area contributed by atoms with Crippen LogP contribution in [0.5, 0.6) is 0 Å². The lowest BCUT2D eigenvalue weighted by molar-refractivity contribution is 0.499. The Morgan fingerprint density at radius 2 is 2.50 bits per heavy atom. The Labute approximate surface area is 88.9 Å². The Bertz CT molecular complexity index is 310. The standard InChI is InChI=1S/C10H17N3S/c1-3-8-7(2)4-5-13(8)10-12-6-9(11)14-10/h6-8H,3-5,11H2,1-2H3. The van der Waals surface area contributed by atoms with E-state index in [9.17, 15) is 0 Å². The van der Waals surface area contributed by atoms with E-state index in [1.54, 1.807) is 17.5 Å². The number of nitrogens with two attached hydrogens (primary N) is 1. The lowest BCUT2D eigenvalue weighted by atomic mass is 10.0. The summed E-state index contributed by atoms with van der Waals surface area (Å²) in [5.74, 6) is 0.783. The number of rotatable bonds is 2. The summed E-state index contributed by atoms with van der Waals surface area (Å²) in [6.45, 7) is 5.70. The van der Waals surface area contributed by atoms with E-state index in [-0.39, 0.29) is 0 Å². The Morgan fingerprint density at radius 1 is 1.71 bits per heavy atom. The summed E-state index contributed by atoms with van der Waals surface area (Å²) in [5, 5.41) is 1.91. The predicted octanol–water partition coefficient (Wildman–Crippen LogP) is 2.35. The molecule has 1 aliphatic heterocycles. The van der Waals surface area contributed by atoms with Gasteiger partial charge in [0.25, 0.3) is 0 Å². The first-order valence-corrected chi connectivity index (χ1v) is 6.02. The van der Waals surface area contributed by atoms with Gasteiger partial charge in [0.15, 0.2) is 5.13 Å². The van der Waals surface area contributed by atoms with Crippen molar-refractivity contribution >= 4 is 21.5 Å². The van der Waals surface area contributed by atoms with Crippen molar-refractivity contribution in [2.75, 3.05) is 17.2 Å². The van der Waals surface area contributed by atoms with Crippen molar-refractivity contribution in [3.8, 4) is 0 Å². The van der Waals surface area contributed by atoms with Crippen LogP contribution in [0.4, 0.5) is 10.1 Å². The molecule has 2 rings (SSSR count). The molecule has 0 amide bonds. The molecule has 0 radical (unpaired) electrons. The summed E-state index contributed by atoms with van der Waals surface area (Å²) < 4.78 is 0. The zero-order valence-corrected chi connectivity index (χ0v) is 9.55. The van der Waals surface area contributed by atoms with Gasteiger partial charge in [0, 0.05) is 12.6 Å². The van der Waals surface area contributed by atoms with Crippen LogP contribution in [0, 0.1) is 5.92 Å². The van der Waals surface area contributed by atoms with Crippen LogP contribution in [-0.4, -0.2) is 17.6 Å². The number of hydrogen-bond donors (Lipinski definition) is 1. The summed E-state index contributed by atoms with van der Waals surface area (Å²) in [6, 6.07) is 0.653. The van der Waals surface area contributed by atoms with Gasteiger partial charge in [-0.1, -0.05) is 25.2 Å². The molecule has 0 spiro atoms. The Hall–Kier alpha value is -0.770. The second-order valence-corrected chi connectivity index (χ2v) is 5.02. The minimum absolute atomic E-state index is 0.653. The predicted molar refractivity (Wildman–Crippen MR) is 61.7 cm³/mol. The third kappa shape index (κ3) is 1.59. The van der Waals surface area contributed by atoms with E-state index in [0.717, 1.165) is 22.6 Å². The highest BCUT2D eigenvalue weighted by Crippen LogP contribution is 2.34. The van der Waals surface area contributed by atoms with Crippen LogP contribution in [0.25, 0.3) is 0 Å². The van der Waals surface area contributed by atoms with Crippen molar-refractivity contribution in [1.29, 1.82) is 0 Å². The molecule has 14 heavy (non-hydrogen) atoms. The second kappa shape index (κ2) is 3.77. The maximum atomic E-state index is 5.70. The maximum absolute atomic E-state index is 5.70. The topological polar surface area (TPSA) is 42.2 Å². The van der Waals surface area contributed by atoms with E-state index >= 15 is 0 Å². The van der Waals surface area contributed by atoms with Crippen LogP contribution in [0.3, 0.4) is 0 Å². The summed E-state index contributed by atoms with van der Waals surface area (Å²) in [6.07, 6.45) is 4.23. The van der Waals surface area contributed by atoms with Gasteiger partial charge in [0.05, 0.1) is 6.20 Å².